The van der Waals surface area contributed by atoms with Crippen LogP contribution in [0.1, 0.15) is 5.56 Å². The Labute approximate surface area is 134 Å². The summed E-state index contributed by atoms with van der Waals surface area (Å²) in [7, 11) is 1.92. The number of benzene rings is 2. The standard InChI is InChI=1S/C14H12Br2ClNO/c1-18-8-9-2-5-13(11(16)6-9)19-14-7-10(15)3-4-12(14)17/h2-7,18H,8H2,1H3. The predicted molar refractivity (Wildman–Crippen MR) is 86.1 cm³/mol. The Morgan fingerprint density at radius 2 is 1.89 bits per heavy atom. The minimum Gasteiger partial charge on any atom is -0.455 e. The zero-order valence-electron chi connectivity index (χ0n) is 10.2. The van der Waals surface area contributed by atoms with E-state index in [1.807, 2.05) is 37.4 Å². The lowest BCUT2D eigenvalue weighted by Gasteiger charge is -2.11. The molecule has 0 fully saturated rings. The number of halogens is 3. The van der Waals surface area contributed by atoms with Gasteiger partial charge in [0, 0.05) is 11.0 Å². The molecule has 0 amide bonds. The summed E-state index contributed by atoms with van der Waals surface area (Å²) >= 11 is 13.0. The van der Waals surface area contributed by atoms with Gasteiger partial charge in [0.05, 0.1) is 9.50 Å². The third-order valence-electron chi connectivity index (χ3n) is 2.49. The van der Waals surface area contributed by atoms with Gasteiger partial charge in [-0.3, -0.25) is 0 Å². The normalized spacial score (nSPS) is 10.5. The molecular formula is C14H12Br2ClNO. The van der Waals surface area contributed by atoms with Gasteiger partial charge >= 0.3 is 0 Å². The van der Waals surface area contributed by atoms with Crippen molar-refractivity contribution >= 4 is 43.5 Å². The summed E-state index contributed by atoms with van der Waals surface area (Å²) in [5, 5.41) is 3.69. The van der Waals surface area contributed by atoms with E-state index in [1.54, 1.807) is 6.07 Å². The Bertz CT molecular complexity index is 590. The van der Waals surface area contributed by atoms with Crippen LogP contribution in [-0.4, -0.2) is 7.05 Å². The summed E-state index contributed by atoms with van der Waals surface area (Å²) < 4.78 is 7.65. The minimum atomic E-state index is 0.578. The van der Waals surface area contributed by atoms with Crippen LogP contribution in [0.4, 0.5) is 0 Å². The Morgan fingerprint density at radius 1 is 1.11 bits per heavy atom. The van der Waals surface area contributed by atoms with E-state index in [1.165, 1.54) is 5.56 Å². The third kappa shape index (κ3) is 3.96. The zero-order valence-corrected chi connectivity index (χ0v) is 14.1. The van der Waals surface area contributed by atoms with Gasteiger partial charge in [-0.25, -0.2) is 0 Å². The van der Waals surface area contributed by atoms with Gasteiger partial charge in [0.2, 0.25) is 0 Å². The lowest BCUT2D eigenvalue weighted by atomic mass is 10.2. The Morgan fingerprint density at radius 3 is 2.58 bits per heavy atom. The molecule has 0 saturated heterocycles. The first kappa shape index (κ1) is 14.9. The molecule has 0 saturated carbocycles. The van der Waals surface area contributed by atoms with Crippen LogP contribution in [0.3, 0.4) is 0 Å². The molecule has 100 valence electrons. The molecule has 0 aliphatic heterocycles. The smallest absolute Gasteiger partial charge is 0.147 e. The number of ether oxygens (including phenoxy) is 1. The number of hydrogen-bond acceptors (Lipinski definition) is 2. The Hall–Kier alpha value is -0.550. The second-order valence-electron chi connectivity index (χ2n) is 3.97. The number of nitrogens with one attached hydrogen (secondary N) is 1. The third-order valence-corrected chi connectivity index (χ3v) is 3.92. The van der Waals surface area contributed by atoms with Gasteiger partial charge in [-0.15, -0.1) is 0 Å². The van der Waals surface area contributed by atoms with Crippen molar-refractivity contribution in [1.82, 2.24) is 5.32 Å². The Kier molecular flexibility index (Phi) is 5.28. The van der Waals surface area contributed by atoms with Gasteiger partial charge in [0.15, 0.2) is 0 Å². The van der Waals surface area contributed by atoms with E-state index in [-0.39, 0.29) is 0 Å². The minimum absolute atomic E-state index is 0.578. The van der Waals surface area contributed by atoms with Gasteiger partial charge in [-0.2, -0.15) is 0 Å². The van der Waals surface area contributed by atoms with Crippen LogP contribution >= 0.6 is 43.5 Å². The fourth-order valence-electron chi connectivity index (χ4n) is 1.62. The molecule has 0 heterocycles. The molecule has 2 rings (SSSR count). The fraction of sp³-hybridized carbons (Fsp3) is 0.143. The van der Waals surface area contributed by atoms with Gasteiger partial charge < -0.3 is 10.1 Å². The SMILES string of the molecule is CNCc1ccc(Oc2cc(Br)ccc2Cl)c(Br)c1. The number of rotatable bonds is 4. The van der Waals surface area contributed by atoms with Crippen LogP contribution in [0.15, 0.2) is 45.3 Å². The molecule has 0 aliphatic carbocycles. The molecule has 5 heteroatoms. The largest absolute Gasteiger partial charge is 0.455 e. The molecule has 0 atom stereocenters. The average Bonchev–Trinajstić information content (AvgIpc) is 2.37. The summed E-state index contributed by atoms with van der Waals surface area (Å²) in [5.41, 5.74) is 1.18. The van der Waals surface area contributed by atoms with Crippen LogP contribution in [0, 0.1) is 0 Å². The summed E-state index contributed by atoms with van der Waals surface area (Å²) in [6.07, 6.45) is 0. The van der Waals surface area contributed by atoms with Crippen molar-refractivity contribution in [3.8, 4) is 11.5 Å². The van der Waals surface area contributed by atoms with Gasteiger partial charge in [-0.1, -0.05) is 33.6 Å². The zero-order chi connectivity index (χ0) is 13.8. The maximum Gasteiger partial charge on any atom is 0.147 e. The fourth-order valence-corrected chi connectivity index (χ4v) is 2.62. The highest BCUT2D eigenvalue weighted by Gasteiger charge is 2.07. The summed E-state index contributed by atoms with van der Waals surface area (Å²) in [5.74, 6) is 1.36. The highest BCUT2D eigenvalue weighted by atomic mass is 79.9. The van der Waals surface area contributed by atoms with E-state index < -0.39 is 0 Å². The lowest BCUT2D eigenvalue weighted by molar-refractivity contribution is 0.479. The van der Waals surface area contributed by atoms with Crippen LogP contribution in [0.25, 0.3) is 0 Å². The van der Waals surface area contributed by atoms with Gasteiger partial charge in [0.25, 0.3) is 0 Å². The quantitative estimate of drug-likeness (QED) is 0.738. The van der Waals surface area contributed by atoms with Crippen LogP contribution in [0.5, 0.6) is 11.5 Å². The van der Waals surface area contributed by atoms with Crippen LogP contribution < -0.4 is 10.1 Å². The van der Waals surface area contributed by atoms with Crippen molar-refractivity contribution in [1.29, 1.82) is 0 Å². The second kappa shape index (κ2) is 6.75. The maximum atomic E-state index is 6.11. The molecule has 19 heavy (non-hydrogen) atoms. The van der Waals surface area contributed by atoms with Gasteiger partial charge in [-0.05, 0) is 58.9 Å². The molecule has 2 nitrogen and oxygen atoms in total. The van der Waals surface area contributed by atoms with Crippen molar-refractivity contribution < 1.29 is 4.74 Å². The molecule has 1 N–H and O–H groups in total. The molecule has 0 aliphatic rings. The topological polar surface area (TPSA) is 21.3 Å². The van der Waals surface area contributed by atoms with Crippen molar-refractivity contribution in [2.24, 2.45) is 0 Å². The molecule has 2 aromatic rings. The monoisotopic (exact) mass is 403 g/mol. The number of hydrogen-bond donors (Lipinski definition) is 1. The van der Waals surface area contributed by atoms with Crippen molar-refractivity contribution in [2.45, 2.75) is 6.54 Å². The van der Waals surface area contributed by atoms with Crippen molar-refractivity contribution in [3.05, 3.63) is 55.9 Å². The first-order valence-electron chi connectivity index (χ1n) is 5.66. The molecular weight excluding hydrogens is 393 g/mol. The Balaban J connectivity index is 2.25. The highest BCUT2D eigenvalue weighted by Crippen LogP contribution is 2.35. The summed E-state index contributed by atoms with van der Waals surface area (Å²) in [4.78, 5) is 0. The first-order chi connectivity index (χ1) is 9.10. The van der Waals surface area contributed by atoms with Crippen LogP contribution in [0.2, 0.25) is 5.02 Å². The van der Waals surface area contributed by atoms with E-state index >= 15 is 0 Å². The second-order valence-corrected chi connectivity index (χ2v) is 6.15. The predicted octanol–water partition coefficient (Wildman–Crippen LogP) is 5.38. The van der Waals surface area contributed by atoms with Gasteiger partial charge in [0.1, 0.15) is 11.5 Å². The average molecular weight is 406 g/mol. The van der Waals surface area contributed by atoms with E-state index in [9.17, 15) is 0 Å². The van der Waals surface area contributed by atoms with E-state index in [0.717, 1.165) is 21.2 Å². The molecule has 0 radical (unpaired) electrons. The molecule has 0 bridgehead atoms. The lowest BCUT2D eigenvalue weighted by Crippen LogP contribution is -2.04. The summed E-state index contributed by atoms with van der Waals surface area (Å²) in [6.45, 7) is 0.816. The highest BCUT2D eigenvalue weighted by molar-refractivity contribution is 9.10. The molecule has 0 aromatic heterocycles. The molecule has 2 aromatic carbocycles. The van der Waals surface area contributed by atoms with E-state index in [0.29, 0.717) is 10.8 Å². The van der Waals surface area contributed by atoms with Crippen molar-refractivity contribution in [3.63, 3.8) is 0 Å². The molecule has 0 spiro atoms. The summed E-state index contributed by atoms with van der Waals surface area (Å²) in [6, 6.07) is 11.5. The van der Waals surface area contributed by atoms with Crippen molar-refractivity contribution in [2.75, 3.05) is 7.05 Å². The van der Waals surface area contributed by atoms with Crippen LogP contribution in [-0.2, 0) is 6.54 Å². The first-order valence-corrected chi connectivity index (χ1v) is 7.62. The maximum absolute atomic E-state index is 6.11. The van der Waals surface area contributed by atoms with E-state index in [4.69, 9.17) is 16.3 Å². The van der Waals surface area contributed by atoms with E-state index in [2.05, 4.69) is 37.2 Å². The molecule has 0 unspecified atom stereocenters.